The number of piperazine rings is 1. The van der Waals surface area contributed by atoms with Gasteiger partial charge in [0.15, 0.2) is 5.50 Å². The van der Waals surface area contributed by atoms with Gasteiger partial charge in [-0.2, -0.15) is 18.4 Å². The molecular weight excluding hydrogens is 774 g/mol. The number of anilines is 4. The van der Waals surface area contributed by atoms with Crippen molar-refractivity contribution >= 4 is 59.0 Å². The summed E-state index contributed by atoms with van der Waals surface area (Å²) in [6.07, 6.45) is -3.50. The number of nitrogens with zero attached hydrogens (tertiary/aromatic N) is 5. The number of ether oxygens (including phenoxy) is 1. The van der Waals surface area contributed by atoms with Crippen LogP contribution >= 0.6 is 12.6 Å². The lowest BCUT2D eigenvalue weighted by Gasteiger charge is -2.39. The molecule has 3 saturated heterocycles. The topological polar surface area (TPSA) is 150 Å². The van der Waals surface area contributed by atoms with Gasteiger partial charge in [0.25, 0.3) is 5.91 Å². The van der Waals surface area contributed by atoms with E-state index in [2.05, 4.69) is 32.7 Å². The third-order valence-electron chi connectivity index (χ3n) is 10.8. The average Bonchev–Trinajstić information content (AvgIpc) is 3.35. The predicted molar refractivity (Wildman–Crippen MR) is 217 cm³/mol. The second kappa shape index (κ2) is 17.3. The van der Waals surface area contributed by atoms with E-state index in [0.29, 0.717) is 55.3 Å². The Hall–Kier alpha value is -5.31. The van der Waals surface area contributed by atoms with Gasteiger partial charge < -0.3 is 20.3 Å². The van der Waals surface area contributed by atoms with Crippen molar-refractivity contribution in [3.05, 3.63) is 77.4 Å². The Morgan fingerprint density at radius 3 is 2.48 bits per heavy atom. The van der Waals surface area contributed by atoms with Gasteiger partial charge in [-0.1, -0.05) is 13.0 Å². The van der Waals surface area contributed by atoms with E-state index in [1.54, 1.807) is 49.1 Å². The average molecular weight is 821 g/mol. The molecule has 13 nitrogen and oxygen atoms in total. The maximum absolute atomic E-state index is 13.8. The first kappa shape index (κ1) is 42.3. The number of rotatable bonds is 12. The molecule has 0 spiro atoms. The maximum atomic E-state index is 13.8. The van der Waals surface area contributed by atoms with E-state index < -0.39 is 40.3 Å². The fraction of sp³-hybridized carbons (Fsp3) is 0.439. The number of hydrogen-bond donors (Lipinski definition) is 4. The van der Waals surface area contributed by atoms with Crippen molar-refractivity contribution in [3.63, 3.8) is 0 Å². The summed E-state index contributed by atoms with van der Waals surface area (Å²) in [4.78, 5) is 57.7. The third-order valence-corrected chi connectivity index (χ3v) is 11.3. The predicted octanol–water partition coefficient (Wildman–Crippen LogP) is 5.23. The number of aryl methyl sites for hydroxylation is 1. The zero-order chi connectivity index (χ0) is 41.9. The van der Waals surface area contributed by atoms with E-state index in [9.17, 15) is 37.6 Å². The summed E-state index contributed by atoms with van der Waals surface area (Å²) in [5, 5.41) is 17.7. The zero-order valence-electron chi connectivity index (χ0n) is 32.7. The van der Waals surface area contributed by atoms with E-state index in [-0.39, 0.29) is 42.4 Å². The van der Waals surface area contributed by atoms with Gasteiger partial charge in [-0.25, -0.2) is 0 Å². The number of carbonyl (C=O) groups is 4. The summed E-state index contributed by atoms with van der Waals surface area (Å²) in [7, 11) is 0. The molecule has 6 rings (SSSR count). The SMILES string of the molecule is CCc1cc(N2[C@@H](S)N(c3ccc(C#N)c(C(F)(F)F)c3)C(=O)C2(C)C)ccc1OCCN1CCN(CC(=O)Nc2cccc(NC3CCC(=O)NC3=O)c2)[C@H](C)C1. The molecule has 3 N–H and O–H groups in total. The molecule has 17 heteroatoms. The Morgan fingerprint density at radius 2 is 1.79 bits per heavy atom. The van der Waals surface area contributed by atoms with Crippen molar-refractivity contribution in [3.8, 4) is 11.8 Å². The second-order valence-corrected chi connectivity index (χ2v) is 15.6. The maximum Gasteiger partial charge on any atom is 0.417 e. The smallest absolute Gasteiger partial charge is 0.417 e. The largest absolute Gasteiger partial charge is 0.492 e. The number of carbonyl (C=O) groups excluding carboxylic acids is 4. The van der Waals surface area contributed by atoms with Crippen LogP contribution in [0.5, 0.6) is 5.75 Å². The minimum Gasteiger partial charge on any atom is -0.492 e. The van der Waals surface area contributed by atoms with Gasteiger partial charge in [0.05, 0.1) is 23.7 Å². The number of nitriles is 1. The lowest BCUT2D eigenvalue weighted by atomic mass is 10.0. The molecule has 4 amide bonds. The van der Waals surface area contributed by atoms with Crippen molar-refractivity contribution in [2.75, 3.05) is 59.8 Å². The van der Waals surface area contributed by atoms with Crippen LogP contribution in [0.1, 0.15) is 57.2 Å². The molecule has 0 bridgehead atoms. The summed E-state index contributed by atoms with van der Waals surface area (Å²) in [5.41, 5.74) is -0.941. The molecule has 3 heterocycles. The summed E-state index contributed by atoms with van der Waals surface area (Å²) in [6.45, 7) is 10.9. The van der Waals surface area contributed by atoms with Crippen molar-refractivity contribution in [1.82, 2.24) is 15.1 Å². The number of alkyl halides is 3. The normalized spacial score (nSPS) is 21.4. The van der Waals surface area contributed by atoms with Crippen LogP contribution in [-0.2, 0) is 31.8 Å². The van der Waals surface area contributed by atoms with Gasteiger partial charge in [-0.05, 0) is 93.8 Å². The number of benzene rings is 3. The number of thiol groups is 1. The number of hydrogen-bond acceptors (Lipinski definition) is 11. The molecule has 0 saturated carbocycles. The number of imide groups is 1. The first-order valence-corrected chi connectivity index (χ1v) is 19.7. The molecule has 3 aromatic carbocycles. The number of amides is 4. The van der Waals surface area contributed by atoms with Crippen molar-refractivity contribution in [1.29, 1.82) is 5.26 Å². The standard InChI is InChI=1S/C41H47F3N8O5S/c1-5-26-19-31(52-39(58)51(38(56)40(52,3)4)30-10-9-27(22-45)32(21-30)41(42,43)44)11-13-34(26)57-18-17-49-15-16-50(25(2)23-49)24-36(54)47-29-8-6-7-28(20-29)46-33-12-14-35(53)48-37(33)55/h6-11,13,19-21,25,33,39,46,58H,5,12,14-18,23-24H2,1-4H3,(H,47,54)(H,48,53,55)/t25-,33?,39+/m1/s1. The summed E-state index contributed by atoms with van der Waals surface area (Å²) >= 11 is 4.72. The van der Waals surface area contributed by atoms with Gasteiger partial charge in [0.1, 0.15) is 23.9 Å². The Balaban J connectivity index is 1.01. The zero-order valence-corrected chi connectivity index (χ0v) is 33.6. The number of piperidine rings is 1. The summed E-state index contributed by atoms with van der Waals surface area (Å²) in [6, 6.07) is 17.1. The highest BCUT2D eigenvalue weighted by Gasteiger charge is 2.52. The van der Waals surface area contributed by atoms with Crippen molar-refractivity contribution < 1.29 is 37.1 Å². The van der Waals surface area contributed by atoms with Crippen LogP contribution in [0.3, 0.4) is 0 Å². The Bertz CT molecular complexity index is 2110. The lowest BCUT2D eigenvalue weighted by molar-refractivity contribution is -0.138. The third kappa shape index (κ3) is 9.19. The Morgan fingerprint density at radius 1 is 1.05 bits per heavy atom. The fourth-order valence-corrected chi connectivity index (χ4v) is 8.32. The van der Waals surface area contributed by atoms with E-state index in [4.69, 9.17) is 17.4 Å². The Kier molecular flexibility index (Phi) is 12.6. The van der Waals surface area contributed by atoms with Gasteiger partial charge >= 0.3 is 6.18 Å². The molecule has 3 aliphatic heterocycles. The quantitative estimate of drug-likeness (QED) is 0.142. The molecule has 3 aliphatic rings. The minimum absolute atomic E-state index is 0.00940. The van der Waals surface area contributed by atoms with E-state index >= 15 is 0 Å². The summed E-state index contributed by atoms with van der Waals surface area (Å²) in [5.74, 6) is -0.558. The van der Waals surface area contributed by atoms with Gasteiger partial charge in [0, 0.05) is 61.4 Å². The van der Waals surface area contributed by atoms with Gasteiger partial charge in [0.2, 0.25) is 17.7 Å². The van der Waals surface area contributed by atoms with Crippen molar-refractivity contribution in [2.45, 2.75) is 76.3 Å². The molecular formula is C41H47F3N8O5S. The van der Waals surface area contributed by atoms with Crippen molar-refractivity contribution in [2.24, 2.45) is 0 Å². The lowest BCUT2D eigenvalue weighted by Crippen LogP contribution is -2.54. The van der Waals surface area contributed by atoms with Crippen LogP contribution in [0, 0.1) is 11.3 Å². The molecule has 0 aliphatic carbocycles. The minimum atomic E-state index is -4.78. The van der Waals surface area contributed by atoms with E-state index in [1.165, 1.54) is 11.0 Å². The highest BCUT2D eigenvalue weighted by molar-refractivity contribution is 7.81. The number of nitrogens with one attached hydrogen (secondary N) is 3. The second-order valence-electron chi connectivity index (χ2n) is 15.2. The molecule has 58 heavy (non-hydrogen) atoms. The van der Waals surface area contributed by atoms with Crippen LogP contribution < -0.4 is 30.5 Å². The molecule has 0 radical (unpaired) electrons. The fourth-order valence-electron chi connectivity index (χ4n) is 7.66. The van der Waals surface area contributed by atoms with Crippen LogP contribution in [0.25, 0.3) is 0 Å². The first-order valence-electron chi connectivity index (χ1n) is 19.1. The highest BCUT2D eigenvalue weighted by atomic mass is 32.1. The first-order chi connectivity index (χ1) is 27.5. The highest BCUT2D eigenvalue weighted by Crippen LogP contribution is 2.43. The van der Waals surface area contributed by atoms with Crippen LogP contribution in [0.15, 0.2) is 60.7 Å². The van der Waals surface area contributed by atoms with Crippen LogP contribution in [0.2, 0.25) is 0 Å². The summed E-state index contributed by atoms with van der Waals surface area (Å²) < 4.78 is 47.6. The molecule has 1 unspecified atom stereocenters. The molecule has 3 aromatic rings. The van der Waals surface area contributed by atoms with E-state index in [0.717, 1.165) is 30.8 Å². The Labute approximate surface area is 340 Å². The molecule has 3 fully saturated rings. The van der Waals surface area contributed by atoms with Crippen LogP contribution in [-0.4, -0.2) is 95.9 Å². The van der Waals surface area contributed by atoms with E-state index in [1.807, 2.05) is 25.1 Å². The van der Waals surface area contributed by atoms with Crippen LogP contribution in [0.4, 0.5) is 35.9 Å². The molecule has 0 aromatic heterocycles. The monoisotopic (exact) mass is 820 g/mol. The molecule has 3 atom stereocenters. The van der Waals surface area contributed by atoms with Gasteiger partial charge in [-0.15, -0.1) is 12.6 Å². The number of halogens is 3. The molecule has 308 valence electrons. The van der Waals surface area contributed by atoms with Gasteiger partial charge in [-0.3, -0.25) is 39.2 Å².